The number of aliphatic hydroxyl groups is 1. The van der Waals surface area contributed by atoms with Crippen LogP contribution in [0.5, 0.6) is 17.2 Å². The van der Waals surface area contributed by atoms with Crippen molar-refractivity contribution in [1.82, 2.24) is 4.90 Å². The van der Waals surface area contributed by atoms with Gasteiger partial charge in [-0.1, -0.05) is 36.4 Å². The molecule has 5 heteroatoms. The summed E-state index contributed by atoms with van der Waals surface area (Å²) in [5.41, 5.74) is 4.64. The molecule has 156 valence electrons. The summed E-state index contributed by atoms with van der Waals surface area (Å²) in [7, 11) is 1.67. The fourth-order valence-corrected chi connectivity index (χ4v) is 3.75. The number of ether oxygens (including phenoxy) is 3. The van der Waals surface area contributed by atoms with Gasteiger partial charge < -0.3 is 19.3 Å². The molecule has 1 aliphatic rings. The minimum atomic E-state index is -0.413. The zero-order valence-corrected chi connectivity index (χ0v) is 17.4. The molecule has 1 aliphatic heterocycles. The van der Waals surface area contributed by atoms with Gasteiger partial charge in [0.2, 0.25) is 6.79 Å². The third-order valence-electron chi connectivity index (χ3n) is 5.12. The van der Waals surface area contributed by atoms with E-state index < -0.39 is 6.10 Å². The topological polar surface area (TPSA) is 51.2 Å². The molecule has 0 unspecified atom stereocenters. The highest BCUT2D eigenvalue weighted by molar-refractivity contribution is 5.64. The van der Waals surface area contributed by atoms with Crippen LogP contribution in [0.3, 0.4) is 0 Å². The van der Waals surface area contributed by atoms with E-state index in [-0.39, 0.29) is 6.79 Å². The summed E-state index contributed by atoms with van der Waals surface area (Å²) >= 11 is 0. The van der Waals surface area contributed by atoms with Crippen LogP contribution in [0.15, 0.2) is 66.7 Å². The van der Waals surface area contributed by atoms with Gasteiger partial charge in [-0.05, 0) is 59.5 Å². The van der Waals surface area contributed by atoms with Crippen molar-refractivity contribution in [2.45, 2.75) is 26.1 Å². The molecule has 0 saturated heterocycles. The molecule has 0 radical (unpaired) electrons. The summed E-state index contributed by atoms with van der Waals surface area (Å²) in [4.78, 5) is 2.25. The average Bonchev–Trinajstić information content (AvgIpc) is 3.21. The Morgan fingerprint density at radius 3 is 2.37 bits per heavy atom. The normalized spacial score (nSPS) is 13.5. The fraction of sp³-hybridized carbons (Fsp3) is 0.280. The number of methoxy groups -OCH3 is 1. The summed E-state index contributed by atoms with van der Waals surface area (Å²) in [5.74, 6) is 2.42. The van der Waals surface area contributed by atoms with E-state index in [1.54, 1.807) is 7.11 Å². The monoisotopic (exact) mass is 405 g/mol. The largest absolute Gasteiger partial charge is 0.497 e. The highest BCUT2D eigenvalue weighted by Crippen LogP contribution is 2.33. The van der Waals surface area contributed by atoms with Crippen LogP contribution >= 0.6 is 0 Å². The van der Waals surface area contributed by atoms with Crippen molar-refractivity contribution in [3.05, 3.63) is 77.9 Å². The lowest BCUT2D eigenvalue weighted by Crippen LogP contribution is -2.30. The molecule has 0 fully saturated rings. The molecule has 1 atom stereocenters. The molecule has 5 nitrogen and oxygen atoms in total. The number of fused-ring (bicyclic) bond motifs is 1. The zero-order chi connectivity index (χ0) is 20.9. The van der Waals surface area contributed by atoms with Gasteiger partial charge in [0.1, 0.15) is 5.75 Å². The van der Waals surface area contributed by atoms with Crippen molar-refractivity contribution in [2.24, 2.45) is 0 Å². The quantitative estimate of drug-likeness (QED) is 0.599. The molecule has 1 heterocycles. The number of hydrogen-bond acceptors (Lipinski definition) is 5. The van der Waals surface area contributed by atoms with Gasteiger partial charge in [0, 0.05) is 19.6 Å². The molecule has 0 saturated carbocycles. The number of nitrogens with zero attached hydrogens (tertiary/aromatic N) is 1. The smallest absolute Gasteiger partial charge is 0.231 e. The van der Waals surface area contributed by atoms with Crippen LogP contribution in [0.25, 0.3) is 11.1 Å². The van der Waals surface area contributed by atoms with Gasteiger partial charge >= 0.3 is 0 Å². The highest BCUT2D eigenvalue weighted by atomic mass is 16.7. The maximum absolute atomic E-state index is 10.0. The number of benzene rings is 3. The van der Waals surface area contributed by atoms with Crippen molar-refractivity contribution in [2.75, 3.05) is 20.4 Å². The Kier molecular flexibility index (Phi) is 6.21. The number of hydrogen-bond donors (Lipinski definition) is 1. The van der Waals surface area contributed by atoms with Crippen LogP contribution in [0.2, 0.25) is 0 Å². The van der Waals surface area contributed by atoms with Crippen molar-refractivity contribution >= 4 is 0 Å². The SMILES string of the molecule is COc1ccc(-c2cccc(CN(Cc3ccc4c(c3)OCO4)C[C@H](C)O)c2)cc1. The molecule has 4 rings (SSSR count). The number of rotatable bonds is 8. The maximum Gasteiger partial charge on any atom is 0.231 e. The van der Waals surface area contributed by atoms with Gasteiger partial charge in [-0.3, -0.25) is 4.90 Å². The average molecular weight is 405 g/mol. The summed E-state index contributed by atoms with van der Waals surface area (Å²) in [6, 6.07) is 22.6. The fourth-order valence-electron chi connectivity index (χ4n) is 3.75. The van der Waals surface area contributed by atoms with Crippen LogP contribution in [-0.4, -0.2) is 36.6 Å². The van der Waals surface area contributed by atoms with Gasteiger partial charge in [-0.25, -0.2) is 0 Å². The molecule has 0 bridgehead atoms. The third-order valence-corrected chi connectivity index (χ3v) is 5.12. The molecule has 3 aromatic carbocycles. The minimum Gasteiger partial charge on any atom is -0.497 e. The number of aliphatic hydroxyl groups excluding tert-OH is 1. The van der Waals surface area contributed by atoms with E-state index >= 15 is 0 Å². The van der Waals surface area contributed by atoms with E-state index in [0.29, 0.717) is 13.1 Å². The summed E-state index contributed by atoms with van der Waals surface area (Å²) in [5, 5.41) is 10.0. The van der Waals surface area contributed by atoms with Crippen LogP contribution in [0.1, 0.15) is 18.1 Å². The van der Waals surface area contributed by atoms with E-state index in [0.717, 1.165) is 40.5 Å². The molecule has 0 aromatic heterocycles. The Bertz CT molecular complexity index is 985. The van der Waals surface area contributed by atoms with Crippen molar-refractivity contribution in [3.8, 4) is 28.4 Å². The molecule has 1 N–H and O–H groups in total. The molecule has 0 aliphatic carbocycles. The van der Waals surface area contributed by atoms with Gasteiger partial charge in [0.05, 0.1) is 13.2 Å². The minimum absolute atomic E-state index is 0.272. The Balaban J connectivity index is 1.51. The predicted molar refractivity (Wildman–Crippen MR) is 117 cm³/mol. The summed E-state index contributed by atoms with van der Waals surface area (Å²) in [6.45, 7) is 4.13. The van der Waals surface area contributed by atoms with Gasteiger partial charge in [0.25, 0.3) is 0 Å². The van der Waals surface area contributed by atoms with Crippen LogP contribution in [-0.2, 0) is 13.1 Å². The lowest BCUT2D eigenvalue weighted by atomic mass is 10.0. The first kappa shape index (κ1) is 20.3. The Morgan fingerprint density at radius 2 is 1.63 bits per heavy atom. The maximum atomic E-state index is 10.0. The van der Waals surface area contributed by atoms with Crippen LogP contribution in [0, 0.1) is 0 Å². The second-order valence-corrected chi connectivity index (χ2v) is 7.64. The van der Waals surface area contributed by atoms with Crippen molar-refractivity contribution in [3.63, 3.8) is 0 Å². The molecule has 0 amide bonds. The standard InChI is InChI=1S/C25H27NO4/c1-18(27)14-26(16-20-6-11-24-25(13-20)30-17-29-24)15-19-4-3-5-22(12-19)21-7-9-23(28-2)10-8-21/h3-13,18,27H,14-17H2,1-2H3/t18-/m0/s1. The van der Waals surface area contributed by atoms with E-state index in [1.165, 1.54) is 5.56 Å². The summed E-state index contributed by atoms with van der Waals surface area (Å²) in [6.07, 6.45) is -0.413. The first-order chi connectivity index (χ1) is 14.6. The van der Waals surface area contributed by atoms with E-state index in [1.807, 2.05) is 31.2 Å². The molecule has 0 spiro atoms. The predicted octanol–water partition coefficient (Wildman–Crippen LogP) is 4.47. The van der Waals surface area contributed by atoms with Gasteiger partial charge in [-0.15, -0.1) is 0 Å². The van der Waals surface area contributed by atoms with E-state index in [4.69, 9.17) is 14.2 Å². The van der Waals surface area contributed by atoms with Crippen LogP contribution < -0.4 is 14.2 Å². The Labute approximate surface area is 177 Å². The first-order valence-corrected chi connectivity index (χ1v) is 10.1. The second-order valence-electron chi connectivity index (χ2n) is 7.64. The van der Waals surface area contributed by atoms with E-state index in [9.17, 15) is 5.11 Å². The molecular weight excluding hydrogens is 378 g/mol. The highest BCUT2D eigenvalue weighted by Gasteiger charge is 2.16. The van der Waals surface area contributed by atoms with E-state index in [2.05, 4.69) is 47.4 Å². The lowest BCUT2D eigenvalue weighted by Gasteiger charge is -2.24. The molecule has 30 heavy (non-hydrogen) atoms. The molecule has 3 aromatic rings. The Morgan fingerprint density at radius 1 is 0.900 bits per heavy atom. The molecular formula is C25H27NO4. The van der Waals surface area contributed by atoms with Crippen molar-refractivity contribution < 1.29 is 19.3 Å². The first-order valence-electron chi connectivity index (χ1n) is 10.1. The second kappa shape index (κ2) is 9.20. The van der Waals surface area contributed by atoms with Gasteiger partial charge in [-0.2, -0.15) is 0 Å². The summed E-state index contributed by atoms with van der Waals surface area (Å²) < 4.78 is 16.2. The van der Waals surface area contributed by atoms with Crippen LogP contribution in [0.4, 0.5) is 0 Å². The van der Waals surface area contributed by atoms with Gasteiger partial charge in [0.15, 0.2) is 11.5 Å². The van der Waals surface area contributed by atoms with Crippen molar-refractivity contribution in [1.29, 1.82) is 0 Å². The third kappa shape index (κ3) is 4.93. The zero-order valence-electron chi connectivity index (χ0n) is 17.4. The lowest BCUT2D eigenvalue weighted by molar-refractivity contribution is 0.118. The Hall–Kier alpha value is -3.02.